The lowest BCUT2D eigenvalue weighted by atomic mass is 10.2. The van der Waals surface area contributed by atoms with Crippen LogP contribution in [0.5, 0.6) is 0 Å². The molecular weight excluding hydrogens is 326 g/mol. The van der Waals surface area contributed by atoms with Crippen LogP contribution in [-0.2, 0) is 16.1 Å². The van der Waals surface area contributed by atoms with E-state index in [0.717, 1.165) is 26.3 Å². The fourth-order valence-corrected chi connectivity index (χ4v) is 3.65. The highest BCUT2D eigenvalue weighted by atomic mass is 32.1. The molecule has 1 aliphatic heterocycles. The van der Waals surface area contributed by atoms with E-state index in [0.29, 0.717) is 6.54 Å². The van der Waals surface area contributed by atoms with E-state index in [4.69, 9.17) is 4.74 Å². The van der Waals surface area contributed by atoms with Crippen LogP contribution in [0.2, 0.25) is 0 Å². The number of rotatable bonds is 6. The van der Waals surface area contributed by atoms with Crippen LogP contribution in [0.25, 0.3) is 0 Å². The Hall–Kier alpha value is -1.96. The number of ether oxygens (including phenoxy) is 1. The maximum Gasteiger partial charge on any atom is 0.250 e. The first-order valence-corrected chi connectivity index (χ1v) is 8.89. The largest absolute Gasteiger partial charge is 0.379 e. The van der Waals surface area contributed by atoms with Gasteiger partial charge in [0.15, 0.2) is 0 Å². The molecule has 2 aromatic heterocycles. The Bertz CT molecular complexity index is 708. The molecule has 0 unspecified atom stereocenters. The van der Waals surface area contributed by atoms with Gasteiger partial charge in [-0.1, -0.05) is 12.1 Å². The number of morpholine rings is 1. The van der Waals surface area contributed by atoms with Crippen molar-refractivity contribution in [2.75, 3.05) is 32.8 Å². The molecule has 24 heavy (non-hydrogen) atoms. The maximum atomic E-state index is 12.2. The van der Waals surface area contributed by atoms with E-state index in [-0.39, 0.29) is 24.1 Å². The van der Waals surface area contributed by atoms with Crippen molar-refractivity contribution in [2.45, 2.75) is 12.6 Å². The van der Waals surface area contributed by atoms with Crippen molar-refractivity contribution in [1.29, 1.82) is 0 Å². The van der Waals surface area contributed by atoms with Gasteiger partial charge in [-0.2, -0.15) is 0 Å². The summed E-state index contributed by atoms with van der Waals surface area (Å²) in [5, 5.41) is 5.02. The van der Waals surface area contributed by atoms with E-state index < -0.39 is 0 Å². The minimum Gasteiger partial charge on any atom is -0.379 e. The van der Waals surface area contributed by atoms with Gasteiger partial charge in [0.1, 0.15) is 6.54 Å². The Labute approximate surface area is 144 Å². The van der Waals surface area contributed by atoms with E-state index in [1.807, 2.05) is 11.4 Å². The molecule has 1 amide bonds. The standard InChI is InChI=1S/C17H21N3O3S/c21-16(13-20-6-2-1-5-17(20)22)18-12-14(15-4-3-11-24-15)19-7-9-23-10-8-19/h1-6,11,14H,7-10,12-13H2,(H,18,21)/t14-/m1/s1. The number of pyridine rings is 1. The summed E-state index contributed by atoms with van der Waals surface area (Å²) in [4.78, 5) is 27.5. The molecule has 6 nitrogen and oxygen atoms in total. The van der Waals surface area contributed by atoms with Crippen molar-refractivity contribution in [3.8, 4) is 0 Å². The molecule has 2 aromatic rings. The number of hydrogen-bond acceptors (Lipinski definition) is 5. The summed E-state index contributed by atoms with van der Waals surface area (Å²) in [6, 6.07) is 9.14. The molecule has 7 heteroatoms. The van der Waals surface area contributed by atoms with Gasteiger partial charge < -0.3 is 14.6 Å². The second-order valence-electron chi connectivity index (χ2n) is 5.65. The fraction of sp³-hybridized carbons (Fsp3) is 0.412. The predicted molar refractivity (Wildman–Crippen MR) is 93.2 cm³/mol. The molecule has 1 fully saturated rings. The molecule has 0 bridgehead atoms. The Morgan fingerprint density at radius 3 is 2.79 bits per heavy atom. The second kappa shape index (κ2) is 8.23. The third-order valence-corrected chi connectivity index (χ3v) is 5.04. The average Bonchev–Trinajstić information content (AvgIpc) is 3.12. The quantitative estimate of drug-likeness (QED) is 0.850. The lowest BCUT2D eigenvalue weighted by molar-refractivity contribution is -0.122. The number of carbonyl (C=O) groups is 1. The summed E-state index contributed by atoms with van der Waals surface area (Å²) < 4.78 is 6.83. The van der Waals surface area contributed by atoms with Crippen molar-refractivity contribution in [3.63, 3.8) is 0 Å². The van der Waals surface area contributed by atoms with E-state index in [9.17, 15) is 9.59 Å². The van der Waals surface area contributed by atoms with Crippen molar-refractivity contribution < 1.29 is 9.53 Å². The Kier molecular flexibility index (Phi) is 5.79. The summed E-state index contributed by atoms with van der Waals surface area (Å²) >= 11 is 1.69. The minimum atomic E-state index is -0.171. The molecule has 0 spiro atoms. The van der Waals surface area contributed by atoms with Crippen LogP contribution in [0.4, 0.5) is 0 Å². The van der Waals surface area contributed by atoms with Gasteiger partial charge in [0, 0.05) is 36.8 Å². The lowest BCUT2D eigenvalue weighted by Gasteiger charge is -2.34. The van der Waals surface area contributed by atoms with Gasteiger partial charge in [-0.05, 0) is 17.5 Å². The molecule has 1 atom stereocenters. The van der Waals surface area contributed by atoms with Crippen molar-refractivity contribution in [3.05, 3.63) is 57.1 Å². The molecule has 0 radical (unpaired) electrons. The molecule has 1 N–H and O–H groups in total. The summed E-state index contributed by atoms with van der Waals surface area (Å²) in [5.41, 5.74) is -0.171. The smallest absolute Gasteiger partial charge is 0.250 e. The summed E-state index contributed by atoms with van der Waals surface area (Å²) in [5.74, 6) is -0.155. The molecule has 0 aromatic carbocycles. The van der Waals surface area contributed by atoms with Crippen LogP contribution in [0.3, 0.4) is 0 Å². The van der Waals surface area contributed by atoms with Crippen molar-refractivity contribution in [2.24, 2.45) is 0 Å². The van der Waals surface area contributed by atoms with E-state index >= 15 is 0 Å². The Morgan fingerprint density at radius 1 is 1.25 bits per heavy atom. The Balaban J connectivity index is 1.62. The van der Waals surface area contributed by atoms with Gasteiger partial charge >= 0.3 is 0 Å². The van der Waals surface area contributed by atoms with Gasteiger partial charge in [0.05, 0.1) is 19.3 Å². The van der Waals surface area contributed by atoms with Crippen LogP contribution >= 0.6 is 11.3 Å². The van der Waals surface area contributed by atoms with Crippen LogP contribution in [0, 0.1) is 0 Å². The van der Waals surface area contributed by atoms with Gasteiger partial charge in [-0.25, -0.2) is 0 Å². The van der Waals surface area contributed by atoms with Crippen molar-refractivity contribution in [1.82, 2.24) is 14.8 Å². The normalized spacial score (nSPS) is 16.7. The first-order chi connectivity index (χ1) is 11.7. The van der Waals surface area contributed by atoms with Crippen molar-refractivity contribution >= 4 is 17.2 Å². The van der Waals surface area contributed by atoms with Gasteiger partial charge in [-0.15, -0.1) is 11.3 Å². The number of nitrogens with one attached hydrogen (secondary N) is 1. The number of nitrogens with zero attached hydrogens (tertiary/aromatic N) is 2. The molecular formula is C17H21N3O3S. The lowest BCUT2D eigenvalue weighted by Crippen LogP contribution is -2.44. The second-order valence-corrected chi connectivity index (χ2v) is 6.63. The predicted octanol–water partition coefficient (Wildman–Crippen LogP) is 1.10. The third kappa shape index (κ3) is 4.31. The molecule has 1 aliphatic rings. The van der Waals surface area contributed by atoms with Gasteiger partial charge in [0.25, 0.3) is 5.56 Å². The zero-order chi connectivity index (χ0) is 16.8. The summed E-state index contributed by atoms with van der Waals surface area (Å²) in [6.07, 6.45) is 1.63. The zero-order valence-corrected chi connectivity index (χ0v) is 14.2. The van der Waals surface area contributed by atoms with Crippen LogP contribution in [0.1, 0.15) is 10.9 Å². The van der Waals surface area contributed by atoms with E-state index in [2.05, 4.69) is 16.3 Å². The number of carbonyl (C=O) groups excluding carboxylic acids is 1. The fourth-order valence-electron chi connectivity index (χ4n) is 2.79. The summed E-state index contributed by atoms with van der Waals surface area (Å²) in [6.45, 7) is 3.72. The molecule has 128 valence electrons. The van der Waals surface area contributed by atoms with Crippen LogP contribution < -0.4 is 10.9 Å². The molecule has 3 rings (SSSR count). The Morgan fingerprint density at radius 2 is 2.08 bits per heavy atom. The van der Waals surface area contributed by atoms with E-state index in [1.54, 1.807) is 29.7 Å². The molecule has 0 saturated carbocycles. The number of amides is 1. The first kappa shape index (κ1) is 16.9. The monoisotopic (exact) mass is 347 g/mol. The average molecular weight is 347 g/mol. The zero-order valence-electron chi connectivity index (χ0n) is 13.4. The highest BCUT2D eigenvalue weighted by Gasteiger charge is 2.23. The third-order valence-electron chi connectivity index (χ3n) is 4.06. The molecule has 3 heterocycles. The maximum absolute atomic E-state index is 12.2. The number of hydrogen-bond donors (Lipinski definition) is 1. The van der Waals surface area contributed by atoms with E-state index in [1.165, 1.54) is 15.5 Å². The van der Waals surface area contributed by atoms with Crippen LogP contribution in [0.15, 0.2) is 46.7 Å². The summed E-state index contributed by atoms with van der Waals surface area (Å²) in [7, 11) is 0. The van der Waals surface area contributed by atoms with Gasteiger partial charge in [-0.3, -0.25) is 14.5 Å². The molecule has 1 saturated heterocycles. The highest BCUT2D eigenvalue weighted by Crippen LogP contribution is 2.25. The topological polar surface area (TPSA) is 63.6 Å². The number of aromatic nitrogens is 1. The minimum absolute atomic E-state index is 0.0416. The number of thiophene rings is 1. The van der Waals surface area contributed by atoms with Crippen LogP contribution in [-0.4, -0.2) is 48.2 Å². The highest BCUT2D eigenvalue weighted by molar-refractivity contribution is 7.10. The first-order valence-electron chi connectivity index (χ1n) is 8.01. The SMILES string of the molecule is O=C(Cn1ccccc1=O)NC[C@H](c1cccs1)N1CCOCC1. The molecule has 0 aliphatic carbocycles. The van der Waals surface area contributed by atoms with Gasteiger partial charge in [0.2, 0.25) is 5.91 Å².